The predicted octanol–water partition coefficient (Wildman–Crippen LogP) is 6.06. The molecule has 0 aromatic rings. The lowest BCUT2D eigenvalue weighted by molar-refractivity contribution is -0.234. The van der Waals surface area contributed by atoms with Gasteiger partial charge in [0.1, 0.15) is 0 Å². The first-order valence-corrected chi connectivity index (χ1v) is 7.07. The molecule has 0 bridgehead atoms. The third kappa shape index (κ3) is 4.51. The standard InChI is InChI=1S/C10H8F12S/c1-3-23(4-2,5(7(11,12)13)8(14,15)16)6(9(17,18)19)10(20,21)22/h3-6H,1-2H2. The van der Waals surface area contributed by atoms with Gasteiger partial charge in [-0.05, 0) is 10.8 Å². The Kier molecular flexibility index (Phi) is 5.86. The van der Waals surface area contributed by atoms with Crippen LogP contribution in [-0.2, 0) is 0 Å². The van der Waals surface area contributed by atoms with Gasteiger partial charge >= 0.3 is 24.7 Å². The molecule has 0 spiro atoms. The summed E-state index contributed by atoms with van der Waals surface area (Å²) in [5.41, 5.74) is 0. The van der Waals surface area contributed by atoms with E-state index in [1.807, 2.05) is 0 Å². The summed E-state index contributed by atoms with van der Waals surface area (Å²) in [4.78, 5) is 0. The van der Waals surface area contributed by atoms with Crippen LogP contribution in [-0.4, -0.2) is 35.2 Å². The van der Waals surface area contributed by atoms with Crippen LogP contribution in [0.1, 0.15) is 0 Å². The van der Waals surface area contributed by atoms with Crippen LogP contribution in [0.2, 0.25) is 0 Å². The van der Waals surface area contributed by atoms with E-state index in [0.29, 0.717) is 0 Å². The highest BCUT2D eigenvalue weighted by molar-refractivity contribution is 8.39. The second kappa shape index (κ2) is 6.13. The van der Waals surface area contributed by atoms with Crippen molar-refractivity contribution in [3.63, 3.8) is 0 Å². The molecule has 23 heavy (non-hydrogen) atoms. The van der Waals surface area contributed by atoms with E-state index >= 15 is 0 Å². The second-order valence-electron chi connectivity index (χ2n) is 4.08. The highest BCUT2D eigenvalue weighted by Gasteiger charge is 2.73. The number of halogens is 12. The lowest BCUT2D eigenvalue weighted by Crippen LogP contribution is -2.54. The lowest BCUT2D eigenvalue weighted by Gasteiger charge is -2.48. The Morgan fingerprint density at radius 2 is 0.696 bits per heavy atom. The van der Waals surface area contributed by atoms with Gasteiger partial charge in [-0.3, -0.25) is 0 Å². The van der Waals surface area contributed by atoms with Crippen LogP contribution < -0.4 is 0 Å². The SMILES string of the molecule is C=CS(C=C)(C(C(F)(F)F)C(F)(F)F)C(C(F)(F)F)C(F)(F)F. The molecule has 138 valence electrons. The number of hydrogen-bond donors (Lipinski definition) is 0. The molecule has 0 aliphatic rings. The van der Waals surface area contributed by atoms with Crippen LogP contribution in [0.15, 0.2) is 24.0 Å². The lowest BCUT2D eigenvalue weighted by atomic mass is 10.4. The van der Waals surface area contributed by atoms with E-state index in [9.17, 15) is 52.7 Å². The summed E-state index contributed by atoms with van der Waals surface area (Å²) in [6.07, 6.45) is -25.7. The van der Waals surface area contributed by atoms with E-state index in [2.05, 4.69) is 13.2 Å². The smallest absolute Gasteiger partial charge is 0.169 e. The van der Waals surface area contributed by atoms with Crippen LogP contribution in [0.3, 0.4) is 0 Å². The highest BCUT2D eigenvalue weighted by atomic mass is 32.3. The third-order valence-electron chi connectivity index (χ3n) is 2.58. The maximum atomic E-state index is 12.7. The van der Waals surface area contributed by atoms with Gasteiger partial charge in [0.2, 0.25) is 0 Å². The molecular weight excluding hydrogens is 380 g/mol. The summed E-state index contributed by atoms with van der Waals surface area (Å²) < 4.78 is 152. The molecular formula is C10H8F12S. The molecule has 0 radical (unpaired) electrons. The van der Waals surface area contributed by atoms with Crippen molar-refractivity contribution in [2.24, 2.45) is 0 Å². The molecule has 0 saturated heterocycles. The fraction of sp³-hybridized carbons (Fsp3) is 0.600. The Morgan fingerprint density at radius 3 is 0.783 bits per heavy atom. The average Bonchev–Trinajstić information content (AvgIpc) is 2.19. The monoisotopic (exact) mass is 388 g/mol. The molecule has 0 aromatic carbocycles. The first-order valence-electron chi connectivity index (χ1n) is 5.18. The molecule has 0 aromatic heterocycles. The van der Waals surface area contributed by atoms with Gasteiger partial charge in [0.05, 0.1) is 0 Å². The van der Waals surface area contributed by atoms with Crippen molar-refractivity contribution in [3.8, 4) is 0 Å². The van der Waals surface area contributed by atoms with Gasteiger partial charge in [0.15, 0.2) is 10.5 Å². The fourth-order valence-electron chi connectivity index (χ4n) is 1.89. The van der Waals surface area contributed by atoms with E-state index in [1.54, 1.807) is 0 Å². The minimum Gasteiger partial charge on any atom is -0.169 e. The predicted molar refractivity (Wildman–Crippen MR) is 59.8 cm³/mol. The molecule has 0 aliphatic carbocycles. The number of alkyl halides is 12. The molecule has 0 heterocycles. The topological polar surface area (TPSA) is 0 Å². The van der Waals surface area contributed by atoms with Crippen molar-refractivity contribution in [2.75, 3.05) is 0 Å². The van der Waals surface area contributed by atoms with Crippen molar-refractivity contribution in [3.05, 3.63) is 24.0 Å². The first-order chi connectivity index (χ1) is 9.85. The third-order valence-corrected chi connectivity index (χ3v) is 6.44. The Morgan fingerprint density at radius 1 is 0.522 bits per heavy atom. The van der Waals surface area contributed by atoms with Crippen LogP contribution in [0.4, 0.5) is 52.7 Å². The minimum atomic E-state index is -6.43. The first kappa shape index (κ1) is 22.0. The van der Waals surface area contributed by atoms with Gasteiger partial charge in [0.25, 0.3) is 0 Å². The molecule has 0 rings (SSSR count). The minimum absolute atomic E-state index is 0.586. The van der Waals surface area contributed by atoms with Gasteiger partial charge in [-0.1, -0.05) is 13.2 Å². The van der Waals surface area contributed by atoms with E-state index < -0.39 is 56.0 Å². The van der Waals surface area contributed by atoms with Gasteiger partial charge < -0.3 is 0 Å². The zero-order valence-electron chi connectivity index (χ0n) is 10.7. The molecule has 0 fully saturated rings. The Labute approximate surface area is 123 Å². The van der Waals surface area contributed by atoms with Gasteiger partial charge in [-0.25, -0.2) is 0 Å². The largest absolute Gasteiger partial charge is 0.408 e. The van der Waals surface area contributed by atoms with Crippen molar-refractivity contribution in [1.29, 1.82) is 0 Å². The second-order valence-corrected chi connectivity index (χ2v) is 7.32. The van der Waals surface area contributed by atoms with E-state index in [0.717, 1.165) is 0 Å². The molecule has 0 amide bonds. The van der Waals surface area contributed by atoms with Gasteiger partial charge in [-0.2, -0.15) is 62.7 Å². The average molecular weight is 388 g/mol. The van der Waals surface area contributed by atoms with Crippen LogP contribution in [0.5, 0.6) is 0 Å². The van der Waals surface area contributed by atoms with Crippen molar-refractivity contribution in [1.82, 2.24) is 0 Å². The normalized spacial score (nSPS) is 15.9. The van der Waals surface area contributed by atoms with Crippen molar-refractivity contribution >= 4 is 10.0 Å². The fourth-order valence-corrected chi connectivity index (χ4v) is 4.92. The molecule has 0 saturated carbocycles. The molecule has 0 aliphatic heterocycles. The van der Waals surface area contributed by atoms with Crippen LogP contribution in [0, 0.1) is 0 Å². The summed E-state index contributed by atoms with van der Waals surface area (Å²) in [5, 5.41) is -11.0. The van der Waals surface area contributed by atoms with Crippen molar-refractivity contribution < 1.29 is 52.7 Å². The summed E-state index contributed by atoms with van der Waals surface area (Å²) in [6.45, 7) is 4.73. The zero-order valence-corrected chi connectivity index (χ0v) is 11.5. The summed E-state index contributed by atoms with van der Waals surface area (Å²) in [7, 11) is -5.76. The van der Waals surface area contributed by atoms with Crippen LogP contribution in [0.25, 0.3) is 0 Å². The molecule has 0 unspecified atom stereocenters. The maximum Gasteiger partial charge on any atom is 0.408 e. The van der Waals surface area contributed by atoms with E-state index in [-0.39, 0.29) is 0 Å². The summed E-state index contributed by atoms with van der Waals surface area (Å²) in [6, 6.07) is 0. The van der Waals surface area contributed by atoms with E-state index in [4.69, 9.17) is 0 Å². The summed E-state index contributed by atoms with van der Waals surface area (Å²) >= 11 is 0. The quantitative estimate of drug-likeness (QED) is 0.514. The van der Waals surface area contributed by atoms with Crippen LogP contribution >= 0.6 is 10.0 Å². The Hall–Kier alpha value is -1.01. The van der Waals surface area contributed by atoms with Crippen molar-refractivity contribution in [2.45, 2.75) is 35.2 Å². The zero-order chi connectivity index (χ0) is 19.1. The molecule has 0 nitrogen and oxygen atoms in total. The van der Waals surface area contributed by atoms with E-state index in [1.165, 1.54) is 0 Å². The number of rotatable bonds is 4. The number of hydrogen-bond acceptors (Lipinski definition) is 0. The maximum absolute atomic E-state index is 12.7. The Bertz CT molecular complexity index is 367. The highest BCUT2D eigenvalue weighted by Crippen LogP contribution is 2.72. The molecule has 13 heteroatoms. The molecule has 0 N–H and O–H groups in total. The Balaban J connectivity index is 6.81. The summed E-state index contributed by atoms with van der Waals surface area (Å²) in [5.74, 6) is 0. The molecule has 0 atom stereocenters. The van der Waals surface area contributed by atoms with Gasteiger partial charge in [0, 0.05) is 0 Å². The van der Waals surface area contributed by atoms with Gasteiger partial charge in [-0.15, -0.1) is 0 Å².